The lowest BCUT2D eigenvalue weighted by Crippen LogP contribution is -2.22. The zero-order valence-corrected chi connectivity index (χ0v) is 20.2. The van der Waals surface area contributed by atoms with Crippen LogP contribution in [0.4, 0.5) is 0 Å². The summed E-state index contributed by atoms with van der Waals surface area (Å²) in [6.07, 6.45) is 2.70. The highest BCUT2D eigenvalue weighted by Crippen LogP contribution is 2.38. The molecule has 1 heterocycles. The van der Waals surface area contributed by atoms with Crippen LogP contribution >= 0.6 is 35.6 Å². The molecule has 0 spiro atoms. The number of carbonyl (C=O) groups is 1. The van der Waals surface area contributed by atoms with Gasteiger partial charge in [0.1, 0.15) is 23.3 Å². The third kappa shape index (κ3) is 5.73. The molecule has 2 aromatic carbocycles. The van der Waals surface area contributed by atoms with E-state index in [4.69, 9.17) is 38.0 Å². The summed E-state index contributed by atoms with van der Waals surface area (Å²) in [6, 6.07) is 9.69. The number of amides is 1. The molecule has 164 valence electrons. The topological polar surface area (TPSA) is 48.0 Å². The van der Waals surface area contributed by atoms with Gasteiger partial charge in [0, 0.05) is 7.05 Å². The first kappa shape index (κ1) is 23.4. The monoisotopic (exact) mass is 477 g/mol. The van der Waals surface area contributed by atoms with E-state index in [1.165, 1.54) is 22.2 Å². The Morgan fingerprint density at radius 3 is 2.55 bits per heavy atom. The summed E-state index contributed by atoms with van der Waals surface area (Å²) in [6.45, 7) is 4.84. The maximum atomic E-state index is 12.2. The minimum Gasteiger partial charge on any atom is -0.493 e. The Bertz CT molecular complexity index is 1040. The summed E-state index contributed by atoms with van der Waals surface area (Å²) in [5.41, 5.74) is 3.12. The van der Waals surface area contributed by atoms with Crippen molar-refractivity contribution >= 4 is 51.9 Å². The van der Waals surface area contributed by atoms with Crippen LogP contribution in [0.2, 0.25) is 5.02 Å². The highest BCUT2D eigenvalue weighted by molar-refractivity contribution is 8.26. The van der Waals surface area contributed by atoms with Gasteiger partial charge >= 0.3 is 0 Å². The van der Waals surface area contributed by atoms with Gasteiger partial charge < -0.3 is 14.2 Å². The highest BCUT2D eigenvalue weighted by Gasteiger charge is 2.28. The Balaban J connectivity index is 1.68. The molecule has 0 atom stereocenters. The second-order valence-electron chi connectivity index (χ2n) is 6.98. The molecule has 1 aliphatic rings. The van der Waals surface area contributed by atoms with Crippen molar-refractivity contribution in [3.63, 3.8) is 0 Å². The summed E-state index contributed by atoms with van der Waals surface area (Å²) in [5.74, 6) is 1.60. The van der Waals surface area contributed by atoms with Crippen LogP contribution in [-0.2, 0) is 11.2 Å². The summed E-state index contributed by atoms with van der Waals surface area (Å²) in [7, 11) is 3.20. The minimum atomic E-state index is -0.134. The predicted molar refractivity (Wildman–Crippen MR) is 130 cm³/mol. The number of likely N-dealkylation sites (N-methyl/N-ethyl adjacent to an activating group) is 1. The lowest BCUT2D eigenvalue weighted by molar-refractivity contribution is -0.121. The third-order valence-electron chi connectivity index (χ3n) is 4.65. The standard InChI is InChI=1S/C23H24ClNO4S2/c1-5-15-8-14(2)9-17(10-15)28-6-7-29-21-18(24)11-16(12-19(21)27-4)13-20-22(26)25(3)23(30)31-20/h8-13H,5-7H2,1-4H3/b20-13-. The van der Waals surface area contributed by atoms with E-state index in [9.17, 15) is 4.79 Å². The van der Waals surface area contributed by atoms with Gasteiger partial charge in [0.05, 0.1) is 17.0 Å². The van der Waals surface area contributed by atoms with Gasteiger partial charge in [0.15, 0.2) is 11.5 Å². The van der Waals surface area contributed by atoms with Crippen LogP contribution in [0, 0.1) is 6.92 Å². The highest BCUT2D eigenvalue weighted by atomic mass is 35.5. The van der Waals surface area contributed by atoms with E-state index in [2.05, 4.69) is 13.0 Å². The molecule has 0 aliphatic carbocycles. The minimum absolute atomic E-state index is 0.134. The quantitative estimate of drug-likeness (QED) is 0.284. The molecule has 1 aliphatic heterocycles. The number of thiocarbonyl (C=S) groups is 1. The molecule has 1 amide bonds. The zero-order valence-electron chi connectivity index (χ0n) is 17.9. The fourth-order valence-corrected chi connectivity index (χ4v) is 4.53. The number of hydrogen-bond acceptors (Lipinski definition) is 6. The molecular formula is C23H24ClNO4S2. The van der Waals surface area contributed by atoms with Crippen LogP contribution in [0.15, 0.2) is 35.2 Å². The van der Waals surface area contributed by atoms with Gasteiger partial charge in [-0.3, -0.25) is 9.69 Å². The van der Waals surface area contributed by atoms with Crippen molar-refractivity contribution in [2.45, 2.75) is 20.3 Å². The van der Waals surface area contributed by atoms with Crippen molar-refractivity contribution in [2.24, 2.45) is 0 Å². The van der Waals surface area contributed by atoms with Gasteiger partial charge in [0.25, 0.3) is 5.91 Å². The maximum absolute atomic E-state index is 12.2. The van der Waals surface area contributed by atoms with E-state index in [1.54, 1.807) is 32.4 Å². The summed E-state index contributed by atoms with van der Waals surface area (Å²) in [5, 5.41) is 0.390. The van der Waals surface area contributed by atoms with E-state index in [1.807, 2.05) is 19.1 Å². The Hall–Kier alpha value is -2.22. The van der Waals surface area contributed by atoms with E-state index < -0.39 is 0 Å². The van der Waals surface area contributed by atoms with Crippen molar-refractivity contribution in [2.75, 3.05) is 27.4 Å². The molecule has 0 bridgehead atoms. The van der Waals surface area contributed by atoms with E-state index in [-0.39, 0.29) is 5.91 Å². The molecule has 0 radical (unpaired) electrons. The maximum Gasteiger partial charge on any atom is 0.265 e. The van der Waals surface area contributed by atoms with E-state index in [0.29, 0.717) is 39.0 Å². The first-order valence-corrected chi connectivity index (χ1v) is 11.4. The van der Waals surface area contributed by atoms with Crippen molar-refractivity contribution in [1.29, 1.82) is 0 Å². The van der Waals surface area contributed by atoms with Gasteiger partial charge in [0.2, 0.25) is 0 Å². The predicted octanol–water partition coefficient (Wildman–Crippen LogP) is 5.51. The SMILES string of the molecule is CCc1cc(C)cc(OCCOc2c(Cl)cc(/C=C3\SC(=S)N(C)C3=O)cc2OC)c1. The average Bonchev–Trinajstić information content (AvgIpc) is 2.98. The second kappa shape index (κ2) is 10.4. The van der Waals surface area contributed by atoms with E-state index in [0.717, 1.165) is 23.3 Å². The van der Waals surface area contributed by atoms with Crippen LogP contribution in [0.1, 0.15) is 23.6 Å². The Labute approximate surface area is 197 Å². The molecule has 31 heavy (non-hydrogen) atoms. The van der Waals surface area contributed by atoms with Gasteiger partial charge in [-0.05, 0) is 60.4 Å². The second-order valence-corrected chi connectivity index (χ2v) is 9.06. The van der Waals surface area contributed by atoms with Gasteiger partial charge in [-0.1, -0.05) is 48.6 Å². The van der Waals surface area contributed by atoms with Crippen LogP contribution < -0.4 is 14.2 Å². The van der Waals surface area contributed by atoms with Gasteiger partial charge in [-0.2, -0.15) is 0 Å². The smallest absolute Gasteiger partial charge is 0.265 e. The van der Waals surface area contributed by atoms with Crippen molar-refractivity contribution in [3.8, 4) is 17.2 Å². The number of methoxy groups -OCH3 is 1. The van der Waals surface area contributed by atoms with Crippen LogP contribution in [-0.4, -0.2) is 42.5 Å². The normalized spacial score (nSPS) is 15.0. The fraction of sp³-hybridized carbons (Fsp3) is 0.304. The first-order valence-electron chi connectivity index (χ1n) is 9.77. The lowest BCUT2D eigenvalue weighted by Gasteiger charge is -2.14. The summed E-state index contributed by atoms with van der Waals surface area (Å²) >= 11 is 12.9. The number of nitrogens with zero attached hydrogens (tertiary/aromatic N) is 1. The van der Waals surface area contributed by atoms with Gasteiger partial charge in [-0.15, -0.1) is 0 Å². The van der Waals surface area contributed by atoms with Crippen LogP contribution in [0.5, 0.6) is 17.2 Å². The van der Waals surface area contributed by atoms with Crippen molar-refractivity contribution in [1.82, 2.24) is 4.90 Å². The molecule has 1 saturated heterocycles. The number of thioether (sulfide) groups is 1. The molecule has 1 fully saturated rings. The third-order valence-corrected chi connectivity index (χ3v) is 6.42. The largest absolute Gasteiger partial charge is 0.493 e. The van der Waals surface area contributed by atoms with Gasteiger partial charge in [-0.25, -0.2) is 0 Å². The summed E-state index contributed by atoms with van der Waals surface area (Å²) in [4.78, 5) is 14.2. The molecule has 0 N–H and O–H groups in total. The number of halogens is 1. The molecular weight excluding hydrogens is 454 g/mol. The van der Waals surface area contributed by atoms with E-state index >= 15 is 0 Å². The van der Waals surface area contributed by atoms with Crippen LogP contribution in [0.3, 0.4) is 0 Å². The lowest BCUT2D eigenvalue weighted by atomic mass is 10.1. The van der Waals surface area contributed by atoms with Crippen LogP contribution in [0.25, 0.3) is 6.08 Å². The van der Waals surface area contributed by atoms with Crippen molar-refractivity contribution in [3.05, 3.63) is 56.9 Å². The first-order chi connectivity index (χ1) is 14.8. The number of carbonyl (C=O) groups excluding carboxylic acids is 1. The molecule has 0 saturated carbocycles. The van der Waals surface area contributed by atoms with Crippen molar-refractivity contribution < 1.29 is 19.0 Å². The Kier molecular flexibility index (Phi) is 7.86. The zero-order chi connectivity index (χ0) is 22.5. The Morgan fingerprint density at radius 2 is 1.90 bits per heavy atom. The molecule has 0 unspecified atom stereocenters. The fourth-order valence-electron chi connectivity index (χ4n) is 3.08. The average molecular weight is 478 g/mol. The molecule has 2 aromatic rings. The number of ether oxygens (including phenoxy) is 3. The summed E-state index contributed by atoms with van der Waals surface area (Å²) < 4.78 is 17.7. The Morgan fingerprint density at radius 1 is 1.16 bits per heavy atom. The molecule has 5 nitrogen and oxygen atoms in total. The number of aryl methyl sites for hydroxylation is 2. The molecule has 0 aromatic heterocycles. The molecule has 8 heteroatoms. The number of hydrogen-bond donors (Lipinski definition) is 0. The number of rotatable bonds is 8. The molecule has 3 rings (SSSR count). The number of benzene rings is 2.